The topological polar surface area (TPSA) is 86.7 Å². The van der Waals surface area contributed by atoms with Gasteiger partial charge in [0, 0.05) is 31.6 Å². The molecule has 1 aliphatic rings. The van der Waals surface area contributed by atoms with Crippen LogP contribution < -0.4 is 5.32 Å². The second kappa shape index (κ2) is 7.71. The fourth-order valence-electron chi connectivity index (χ4n) is 2.52. The third-order valence-corrected chi connectivity index (χ3v) is 3.93. The molecule has 124 valence electrons. The lowest BCUT2D eigenvalue weighted by Crippen LogP contribution is -2.41. The molecule has 0 aromatic heterocycles. The Kier molecular flexibility index (Phi) is 5.67. The van der Waals surface area contributed by atoms with Gasteiger partial charge in [-0.25, -0.2) is 4.39 Å². The highest BCUT2D eigenvalue weighted by Crippen LogP contribution is 2.17. The van der Waals surface area contributed by atoms with Gasteiger partial charge in [-0.3, -0.25) is 14.4 Å². The molecule has 1 heterocycles. The Morgan fingerprint density at radius 3 is 2.35 bits per heavy atom. The van der Waals surface area contributed by atoms with Crippen LogP contribution >= 0.6 is 0 Å². The van der Waals surface area contributed by atoms with Gasteiger partial charge in [-0.1, -0.05) is 0 Å². The van der Waals surface area contributed by atoms with Gasteiger partial charge in [0.2, 0.25) is 5.91 Å². The van der Waals surface area contributed by atoms with E-state index >= 15 is 0 Å². The summed E-state index contributed by atoms with van der Waals surface area (Å²) in [5, 5.41) is 11.5. The minimum absolute atomic E-state index is 0.103. The molecule has 2 N–H and O–H groups in total. The highest BCUT2D eigenvalue weighted by atomic mass is 19.1. The van der Waals surface area contributed by atoms with Crippen molar-refractivity contribution in [3.8, 4) is 0 Å². The number of carboxylic acid groups (broad SMARTS) is 1. The quantitative estimate of drug-likeness (QED) is 0.855. The Morgan fingerprint density at radius 1 is 1.17 bits per heavy atom. The van der Waals surface area contributed by atoms with Crippen molar-refractivity contribution in [2.75, 3.05) is 19.6 Å². The van der Waals surface area contributed by atoms with Gasteiger partial charge in [-0.05, 0) is 37.1 Å². The smallest absolute Gasteiger partial charge is 0.306 e. The van der Waals surface area contributed by atoms with Crippen LogP contribution in [-0.4, -0.2) is 47.4 Å². The van der Waals surface area contributed by atoms with Crippen LogP contribution in [-0.2, 0) is 9.59 Å². The number of carbonyl (C=O) groups is 3. The number of halogens is 1. The molecule has 23 heavy (non-hydrogen) atoms. The first-order valence-electron chi connectivity index (χ1n) is 7.51. The molecule has 0 atom stereocenters. The van der Waals surface area contributed by atoms with E-state index in [0.717, 1.165) is 0 Å². The summed E-state index contributed by atoms with van der Waals surface area (Å²) in [5.41, 5.74) is 0.334. The summed E-state index contributed by atoms with van der Waals surface area (Å²) in [7, 11) is 0. The molecule has 0 saturated carbocycles. The van der Waals surface area contributed by atoms with Crippen molar-refractivity contribution in [1.29, 1.82) is 0 Å². The fourth-order valence-corrected chi connectivity index (χ4v) is 2.52. The molecule has 0 aliphatic carbocycles. The van der Waals surface area contributed by atoms with Gasteiger partial charge in [-0.15, -0.1) is 0 Å². The molecule has 7 heteroatoms. The first-order valence-corrected chi connectivity index (χ1v) is 7.51. The average Bonchev–Trinajstić information content (AvgIpc) is 2.55. The van der Waals surface area contributed by atoms with Crippen LogP contribution in [0.4, 0.5) is 4.39 Å². The number of amides is 2. The van der Waals surface area contributed by atoms with E-state index in [-0.39, 0.29) is 30.7 Å². The van der Waals surface area contributed by atoms with E-state index in [1.165, 1.54) is 24.3 Å². The van der Waals surface area contributed by atoms with Crippen molar-refractivity contribution < 1.29 is 23.9 Å². The highest BCUT2D eigenvalue weighted by Gasteiger charge is 2.26. The third kappa shape index (κ3) is 4.77. The predicted molar refractivity (Wildman–Crippen MR) is 80.3 cm³/mol. The van der Waals surface area contributed by atoms with Crippen molar-refractivity contribution in [2.45, 2.75) is 19.3 Å². The Bertz CT molecular complexity index is 580. The van der Waals surface area contributed by atoms with Crippen LogP contribution in [0, 0.1) is 11.7 Å². The van der Waals surface area contributed by atoms with Gasteiger partial charge in [0.15, 0.2) is 0 Å². The van der Waals surface area contributed by atoms with Crippen molar-refractivity contribution in [2.24, 2.45) is 5.92 Å². The summed E-state index contributed by atoms with van der Waals surface area (Å²) in [6.07, 6.45) is 1.08. The summed E-state index contributed by atoms with van der Waals surface area (Å²) >= 11 is 0. The number of rotatable bonds is 5. The molecule has 1 aromatic rings. The molecule has 1 aromatic carbocycles. The molecule has 0 spiro atoms. The average molecular weight is 322 g/mol. The molecule has 2 rings (SSSR count). The van der Waals surface area contributed by atoms with E-state index in [1.807, 2.05) is 0 Å². The van der Waals surface area contributed by atoms with Gasteiger partial charge >= 0.3 is 5.97 Å². The van der Waals surface area contributed by atoms with E-state index < -0.39 is 11.8 Å². The molecule has 6 nitrogen and oxygen atoms in total. The predicted octanol–water partition coefficient (Wildman–Crippen LogP) is 1.27. The van der Waals surface area contributed by atoms with E-state index in [0.29, 0.717) is 31.5 Å². The molecule has 0 radical (unpaired) electrons. The fraction of sp³-hybridized carbons (Fsp3) is 0.438. The molecule has 1 saturated heterocycles. The molecular weight excluding hydrogens is 303 g/mol. The zero-order valence-electron chi connectivity index (χ0n) is 12.6. The van der Waals surface area contributed by atoms with E-state index in [2.05, 4.69) is 5.32 Å². The molecule has 0 bridgehead atoms. The van der Waals surface area contributed by atoms with Crippen molar-refractivity contribution in [3.05, 3.63) is 35.6 Å². The lowest BCUT2D eigenvalue weighted by Gasteiger charge is -2.30. The zero-order chi connectivity index (χ0) is 16.8. The van der Waals surface area contributed by atoms with E-state index in [1.54, 1.807) is 4.90 Å². The van der Waals surface area contributed by atoms with E-state index in [4.69, 9.17) is 5.11 Å². The molecule has 1 fully saturated rings. The third-order valence-electron chi connectivity index (χ3n) is 3.93. The largest absolute Gasteiger partial charge is 0.481 e. The van der Waals surface area contributed by atoms with Crippen molar-refractivity contribution in [1.82, 2.24) is 10.2 Å². The minimum atomic E-state index is -0.816. The Labute approximate surface area is 133 Å². The number of hydrogen-bond donors (Lipinski definition) is 2. The molecular formula is C16H19FN2O4. The first-order chi connectivity index (χ1) is 11.0. The second-order valence-corrected chi connectivity index (χ2v) is 5.51. The SMILES string of the molecule is O=C(NCCC(=O)N1CCC(C(=O)O)CC1)c1ccc(F)cc1. The lowest BCUT2D eigenvalue weighted by atomic mass is 9.97. The minimum Gasteiger partial charge on any atom is -0.481 e. The van der Waals surface area contributed by atoms with Gasteiger partial charge < -0.3 is 15.3 Å². The van der Waals surface area contributed by atoms with Gasteiger partial charge in [0.05, 0.1) is 5.92 Å². The normalized spacial score (nSPS) is 15.3. The number of piperidine rings is 1. The number of nitrogens with one attached hydrogen (secondary N) is 1. The van der Waals surface area contributed by atoms with Crippen LogP contribution in [0.15, 0.2) is 24.3 Å². The monoisotopic (exact) mass is 322 g/mol. The Balaban J connectivity index is 1.72. The molecule has 1 aliphatic heterocycles. The van der Waals surface area contributed by atoms with Crippen LogP contribution in [0.5, 0.6) is 0 Å². The maximum Gasteiger partial charge on any atom is 0.306 e. The number of carbonyl (C=O) groups excluding carboxylic acids is 2. The zero-order valence-corrected chi connectivity index (χ0v) is 12.6. The summed E-state index contributed by atoms with van der Waals surface area (Å²) in [4.78, 5) is 36.3. The molecule has 0 unspecified atom stereocenters. The Hall–Kier alpha value is -2.44. The number of aliphatic carboxylic acids is 1. The van der Waals surface area contributed by atoms with Crippen LogP contribution in [0.25, 0.3) is 0 Å². The number of hydrogen-bond acceptors (Lipinski definition) is 3. The first kappa shape index (κ1) is 16.9. The Morgan fingerprint density at radius 2 is 1.78 bits per heavy atom. The number of benzene rings is 1. The lowest BCUT2D eigenvalue weighted by molar-refractivity contribution is -0.145. The second-order valence-electron chi connectivity index (χ2n) is 5.51. The number of likely N-dealkylation sites (tertiary alicyclic amines) is 1. The summed E-state index contributed by atoms with van der Waals surface area (Å²) in [5.74, 6) is -2.07. The molecule has 2 amide bonds. The van der Waals surface area contributed by atoms with Gasteiger partial charge in [-0.2, -0.15) is 0 Å². The number of carboxylic acids is 1. The van der Waals surface area contributed by atoms with Crippen molar-refractivity contribution in [3.63, 3.8) is 0 Å². The van der Waals surface area contributed by atoms with Crippen LogP contribution in [0.3, 0.4) is 0 Å². The maximum absolute atomic E-state index is 12.8. The maximum atomic E-state index is 12.8. The van der Waals surface area contributed by atoms with Crippen molar-refractivity contribution >= 4 is 17.8 Å². The summed E-state index contributed by atoms with van der Waals surface area (Å²) < 4.78 is 12.8. The van der Waals surface area contributed by atoms with E-state index in [9.17, 15) is 18.8 Å². The van der Waals surface area contributed by atoms with Gasteiger partial charge in [0.1, 0.15) is 5.82 Å². The highest BCUT2D eigenvalue weighted by molar-refractivity contribution is 5.94. The summed E-state index contributed by atoms with van der Waals surface area (Å²) in [6, 6.07) is 5.16. The van der Waals surface area contributed by atoms with Crippen LogP contribution in [0.1, 0.15) is 29.6 Å². The standard InChI is InChI=1S/C16H19FN2O4/c17-13-3-1-11(2-4-13)15(21)18-8-5-14(20)19-9-6-12(7-10-19)16(22)23/h1-4,12H,5-10H2,(H,18,21)(H,22,23). The number of nitrogens with zero attached hydrogens (tertiary/aromatic N) is 1. The van der Waals surface area contributed by atoms with Gasteiger partial charge in [0.25, 0.3) is 5.91 Å². The summed E-state index contributed by atoms with van der Waals surface area (Å²) in [6.45, 7) is 1.05. The van der Waals surface area contributed by atoms with Crippen LogP contribution in [0.2, 0.25) is 0 Å².